The lowest BCUT2D eigenvalue weighted by Crippen LogP contribution is -2.25. The summed E-state index contributed by atoms with van der Waals surface area (Å²) in [5, 5.41) is 0. The predicted octanol–water partition coefficient (Wildman–Crippen LogP) is 5.49. The van der Waals surface area contributed by atoms with Crippen LogP contribution in [0.25, 0.3) is 0 Å². The zero-order valence-electron chi connectivity index (χ0n) is 14.3. The van der Waals surface area contributed by atoms with Crippen LogP contribution in [0.2, 0.25) is 0 Å². The lowest BCUT2D eigenvalue weighted by molar-refractivity contribution is -0.130. The average Bonchev–Trinajstić information content (AvgIpc) is 2.47. The molecule has 1 aromatic rings. The zero-order valence-corrected chi connectivity index (χ0v) is 14.3. The summed E-state index contributed by atoms with van der Waals surface area (Å²) in [6.07, 6.45) is 5.13. The molecule has 0 radical (unpaired) electrons. The third-order valence-electron chi connectivity index (χ3n) is 4.86. The number of carbonyl (C=O) groups excluding carboxylic acids is 1. The standard InChI is InChI=1S/C20H28O2/c1-14(2)19(21)22-18-12-8-16(9-13-18)15-6-10-17(11-7-15)20(3,4)5/h8-9,12-13,15,17H,1,6-7,10-11H2,2-5H3. The molecule has 2 rings (SSSR count). The van der Waals surface area contributed by atoms with Crippen molar-refractivity contribution < 1.29 is 9.53 Å². The van der Waals surface area contributed by atoms with Gasteiger partial charge in [-0.2, -0.15) is 0 Å². The van der Waals surface area contributed by atoms with Gasteiger partial charge in [-0.15, -0.1) is 0 Å². The highest BCUT2D eigenvalue weighted by Crippen LogP contribution is 2.43. The fraction of sp³-hybridized carbons (Fsp3) is 0.550. The summed E-state index contributed by atoms with van der Waals surface area (Å²) in [5.74, 6) is 1.71. The van der Waals surface area contributed by atoms with E-state index in [0.717, 1.165) is 5.92 Å². The van der Waals surface area contributed by atoms with Crippen molar-refractivity contribution >= 4 is 5.97 Å². The van der Waals surface area contributed by atoms with Crippen LogP contribution in [0.4, 0.5) is 0 Å². The van der Waals surface area contributed by atoms with Gasteiger partial charge in [-0.25, -0.2) is 4.79 Å². The maximum atomic E-state index is 11.5. The van der Waals surface area contributed by atoms with E-state index in [1.54, 1.807) is 6.92 Å². The van der Waals surface area contributed by atoms with Crippen LogP contribution < -0.4 is 4.74 Å². The molecular formula is C20H28O2. The zero-order chi connectivity index (χ0) is 16.3. The maximum absolute atomic E-state index is 11.5. The van der Waals surface area contributed by atoms with Gasteiger partial charge in [0, 0.05) is 5.57 Å². The van der Waals surface area contributed by atoms with Crippen LogP contribution in [0.15, 0.2) is 36.4 Å². The van der Waals surface area contributed by atoms with Crippen molar-refractivity contribution in [3.63, 3.8) is 0 Å². The minimum absolute atomic E-state index is 0.363. The summed E-state index contributed by atoms with van der Waals surface area (Å²) in [5.41, 5.74) is 2.21. The molecule has 1 aromatic carbocycles. The van der Waals surface area contributed by atoms with Gasteiger partial charge >= 0.3 is 5.97 Å². The van der Waals surface area contributed by atoms with Crippen molar-refractivity contribution in [2.45, 2.75) is 59.3 Å². The lowest BCUT2D eigenvalue weighted by atomic mass is 9.69. The van der Waals surface area contributed by atoms with E-state index in [-0.39, 0.29) is 5.97 Å². The first-order valence-electron chi connectivity index (χ1n) is 8.25. The fourth-order valence-corrected chi connectivity index (χ4v) is 3.29. The van der Waals surface area contributed by atoms with E-state index in [1.165, 1.54) is 31.2 Å². The Kier molecular flexibility index (Phi) is 5.10. The number of carbonyl (C=O) groups is 1. The van der Waals surface area contributed by atoms with Crippen LogP contribution >= 0.6 is 0 Å². The van der Waals surface area contributed by atoms with E-state index in [2.05, 4.69) is 39.5 Å². The Morgan fingerprint density at radius 2 is 1.64 bits per heavy atom. The molecule has 120 valence electrons. The van der Waals surface area contributed by atoms with E-state index in [4.69, 9.17) is 4.74 Å². The minimum Gasteiger partial charge on any atom is -0.423 e. The molecule has 0 unspecified atom stereocenters. The molecule has 0 bridgehead atoms. The molecular weight excluding hydrogens is 272 g/mol. The largest absolute Gasteiger partial charge is 0.423 e. The molecule has 1 fully saturated rings. The van der Waals surface area contributed by atoms with Gasteiger partial charge in [-0.05, 0) is 67.6 Å². The highest BCUT2D eigenvalue weighted by atomic mass is 16.5. The molecule has 0 saturated heterocycles. The quantitative estimate of drug-likeness (QED) is 0.419. The van der Waals surface area contributed by atoms with Gasteiger partial charge in [0.25, 0.3) is 0 Å². The van der Waals surface area contributed by atoms with Crippen LogP contribution in [0.3, 0.4) is 0 Å². The normalized spacial score (nSPS) is 22.2. The average molecular weight is 300 g/mol. The van der Waals surface area contributed by atoms with E-state index >= 15 is 0 Å². The van der Waals surface area contributed by atoms with E-state index in [0.29, 0.717) is 22.7 Å². The lowest BCUT2D eigenvalue weighted by Gasteiger charge is -2.37. The molecule has 0 N–H and O–H groups in total. The van der Waals surface area contributed by atoms with Gasteiger partial charge in [0.2, 0.25) is 0 Å². The van der Waals surface area contributed by atoms with E-state index < -0.39 is 0 Å². The smallest absolute Gasteiger partial charge is 0.338 e. The molecule has 1 aliphatic carbocycles. The van der Waals surface area contributed by atoms with E-state index in [9.17, 15) is 4.79 Å². The van der Waals surface area contributed by atoms with Gasteiger partial charge in [-0.3, -0.25) is 0 Å². The first kappa shape index (κ1) is 16.8. The summed E-state index contributed by atoms with van der Waals surface area (Å²) in [6.45, 7) is 12.3. The molecule has 0 atom stereocenters. The molecule has 0 aliphatic heterocycles. The number of ether oxygens (including phenoxy) is 1. The van der Waals surface area contributed by atoms with Crippen LogP contribution in [-0.2, 0) is 4.79 Å². The Bertz CT molecular complexity index is 526. The van der Waals surface area contributed by atoms with Crippen molar-refractivity contribution in [1.29, 1.82) is 0 Å². The summed E-state index contributed by atoms with van der Waals surface area (Å²) < 4.78 is 5.24. The fourth-order valence-electron chi connectivity index (χ4n) is 3.29. The molecule has 1 saturated carbocycles. The second-order valence-corrected chi connectivity index (χ2v) is 7.65. The first-order chi connectivity index (χ1) is 10.3. The van der Waals surface area contributed by atoms with Gasteiger partial charge < -0.3 is 4.74 Å². The van der Waals surface area contributed by atoms with Gasteiger partial charge in [-0.1, -0.05) is 39.5 Å². The Morgan fingerprint density at radius 3 is 2.09 bits per heavy atom. The van der Waals surface area contributed by atoms with Gasteiger partial charge in [0.1, 0.15) is 5.75 Å². The van der Waals surface area contributed by atoms with E-state index in [1.807, 2.05) is 12.1 Å². The summed E-state index contributed by atoms with van der Waals surface area (Å²) >= 11 is 0. The molecule has 2 nitrogen and oxygen atoms in total. The number of esters is 1. The van der Waals surface area contributed by atoms with Crippen molar-refractivity contribution in [2.24, 2.45) is 11.3 Å². The third kappa shape index (κ3) is 4.22. The molecule has 0 amide bonds. The molecule has 0 spiro atoms. The second kappa shape index (κ2) is 6.68. The van der Waals surface area contributed by atoms with Crippen molar-refractivity contribution in [1.82, 2.24) is 0 Å². The second-order valence-electron chi connectivity index (χ2n) is 7.65. The Labute approximate surface area is 134 Å². The Balaban J connectivity index is 1.95. The van der Waals surface area contributed by atoms with Gasteiger partial charge in [0.15, 0.2) is 0 Å². The molecule has 0 heterocycles. The van der Waals surface area contributed by atoms with Crippen LogP contribution in [-0.4, -0.2) is 5.97 Å². The highest BCUT2D eigenvalue weighted by molar-refractivity contribution is 5.88. The maximum Gasteiger partial charge on any atom is 0.338 e. The highest BCUT2D eigenvalue weighted by Gasteiger charge is 2.30. The van der Waals surface area contributed by atoms with Crippen LogP contribution in [0.1, 0.15) is 64.9 Å². The Morgan fingerprint density at radius 1 is 1.09 bits per heavy atom. The predicted molar refractivity (Wildman–Crippen MR) is 91.0 cm³/mol. The van der Waals surface area contributed by atoms with Crippen molar-refractivity contribution in [3.05, 3.63) is 42.0 Å². The SMILES string of the molecule is C=C(C)C(=O)Oc1ccc(C2CCC(C(C)(C)C)CC2)cc1. The van der Waals surface area contributed by atoms with Gasteiger partial charge in [0.05, 0.1) is 0 Å². The molecule has 1 aliphatic rings. The Hall–Kier alpha value is -1.57. The molecule has 22 heavy (non-hydrogen) atoms. The minimum atomic E-state index is -0.363. The topological polar surface area (TPSA) is 26.3 Å². The van der Waals surface area contributed by atoms with Crippen molar-refractivity contribution in [2.75, 3.05) is 0 Å². The summed E-state index contributed by atoms with van der Waals surface area (Å²) in [7, 11) is 0. The van der Waals surface area contributed by atoms with Crippen molar-refractivity contribution in [3.8, 4) is 5.75 Å². The van der Waals surface area contributed by atoms with Crippen LogP contribution in [0, 0.1) is 11.3 Å². The monoisotopic (exact) mass is 300 g/mol. The number of benzene rings is 1. The summed E-state index contributed by atoms with van der Waals surface area (Å²) in [6, 6.07) is 7.99. The third-order valence-corrected chi connectivity index (χ3v) is 4.86. The molecule has 0 aromatic heterocycles. The summed E-state index contributed by atoms with van der Waals surface area (Å²) in [4.78, 5) is 11.5. The molecule has 2 heteroatoms. The first-order valence-corrected chi connectivity index (χ1v) is 8.25. The van der Waals surface area contributed by atoms with Crippen LogP contribution in [0.5, 0.6) is 5.75 Å². The number of hydrogen-bond acceptors (Lipinski definition) is 2. The number of hydrogen-bond donors (Lipinski definition) is 0. The number of rotatable bonds is 3.